The van der Waals surface area contributed by atoms with Gasteiger partial charge in [-0.05, 0) is 47.9 Å². The van der Waals surface area contributed by atoms with E-state index >= 15 is 0 Å². The SMILES string of the molecule is O=C(OC(=O)C1(N(Cc2ccccc2)Cc2ccccc2)CC1)C1(N(Cc2ccccc2)Cc2ccccc2)CC1. The van der Waals surface area contributed by atoms with Gasteiger partial charge >= 0.3 is 11.9 Å². The van der Waals surface area contributed by atoms with E-state index in [0.29, 0.717) is 51.9 Å². The summed E-state index contributed by atoms with van der Waals surface area (Å²) in [5.74, 6) is -0.833. The molecule has 2 fully saturated rings. The third-order valence-electron chi connectivity index (χ3n) is 8.47. The van der Waals surface area contributed by atoms with Crippen molar-refractivity contribution >= 4 is 11.9 Å². The molecular formula is C36H36N2O3. The Morgan fingerprint density at radius 3 is 0.927 bits per heavy atom. The summed E-state index contributed by atoms with van der Waals surface area (Å²) in [6.07, 6.45) is 2.74. The molecule has 0 radical (unpaired) electrons. The van der Waals surface area contributed by atoms with Crippen molar-refractivity contribution in [2.45, 2.75) is 62.9 Å². The van der Waals surface area contributed by atoms with Crippen LogP contribution in [0.25, 0.3) is 0 Å². The minimum absolute atomic E-state index is 0.417. The molecule has 41 heavy (non-hydrogen) atoms. The van der Waals surface area contributed by atoms with Crippen LogP contribution in [0.4, 0.5) is 0 Å². The van der Waals surface area contributed by atoms with Crippen LogP contribution in [-0.2, 0) is 40.5 Å². The van der Waals surface area contributed by atoms with Gasteiger partial charge in [-0.3, -0.25) is 9.80 Å². The maximum absolute atomic E-state index is 13.9. The molecule has 5 heteroatoms. The van der Waals surface area contributed by atoms with Gasteiger partial charge in [0.05, 0.1) is 0 Å². The van der Waals surface area contributed by atoms with Crippen molar-refractivity contribution in [3.8, 4) is 0 Å². The zero-order chi connectivity index (χ0) is 28.1. The van der Waals surface area contributed by atoms with Crippen LogP contribution in [0.2, 0.25) is 0 Å². The van der Waals surface area contributed by atoms with Crippen LogP contribution >= 0.6 is 0 Å². The fourth-order valence-corrected chi connectivity index (χ4v) is 5.74. The minimum atomic E-state index is -0.791. The highest BCUT2D eigenvalue weighted by Crippen LogP contribution is 2.48. The smallest absolute Gasteiger partial charge is 0.334 e. The Morgan fingerprint density at radius 1 is 0.463 bits per heavy atom. The predicted molar refractivity (Wildman–Crippen MR) is 159 cm³/mol. The summed E-state index contributed by atoms with van der Waals surface area (Å²) >= 11 is 0. The summed E-state index contributed by atoms with van der Waals surface area (Å²) in [6, 6.07) is 40.7. The number of benzene rings is 4. The highest BCUT2D eigenvalue weighted by molar-refractivity contribution is 5.97. The Bertz CT molecular complexity index is 1250. The quantitative estimate of drug-likeness (QED) is 0.150. The van der Waals surface area contributed by atoms with Gasteiger partial charge in [0.1, 0.15) is 11.1 Å². The van der Waals surface area contributed by atoms with Crippen LogP contribution < -0.4 is 0 Å². The van der Waals surface area contributed by atoms with Crippen molar-refractivity contribution < 1.29 is 14.3 Å². The van der Waals surface area contributed by atoms with E-state index < -0.39 is 23.0 Å². The summed E-state index contributed by atoms with van der Waals surface area (Å²) in [4.78, 5) is 32.1. The number of nitrogens with zero attached hydrogens (tertiary/aromatic N) is 2. The second kappa shape index (κ2) is 11.8. The molecule has 0 N–H and O–H groups in total. The molecule has 5 nitrogen and oxygen atoms in total. The first-order valence-corrected chi connectivity index (χ1v) is 14.5. The van der Waals surface area contributed by atoms with Crippen molar-refractivity contribution in [2.75, 3.05) is 0 Å². The average molecular weight is 545 g/mol. The Kier molecular flexibility index (Phi) is 7.82. The molecule has 0 aromatic heterocycles. The number of hydrogen-bond acceptors (Lipinski definition) is 5. The molecule has 0 atom stereocenters. The number of esters is 2. The lowest BCUT2D eigenvalue weighted by Crippen LogP contribution is -2.49. The molecule has 0 aliphatic heterocycles. The van der Waals surface area contributed by atoms with Gasteiger partial charge in [0, 0.05) is 26.2 Å². The van der Waals surface area contributed by atoms with E-state index in [1.165, 1.54) is 0 Å². The second-order valence-corrected chi connectivity index (χ2v) is 11.4. The first-order chi connectivity index (χ1) is 20.1. The molecule has 0 spiro atoms. The Morgan fingerprint density at radius 2 is 0.707 bits per heavy atom. The molecular weight excluding hydrogens is 508 g/mol. The molecule has 2 aliphatic rings. The monoisotopic (exact) mass is 544 g/mol. The molecule has 4 aromatic rings. The molecule has 2 aliphatic carbocycles. The fraction of sp³-hybridized carbons (Fsp3) is 0.278. The molecule has 2 saturated carbocycles. The highest BCUT2D eigenvalue weighted by Gasteiger charge is 2.61. The number of hydrogen-bond donors (Lipinski definition) is 0. The number of ether oxygens (including phenoxy) is 1. The Hall–Kier alpha value is -4.06. The topological polar surface area (TPSA) is 49.9 Å². The zero-order valence-electron chi connectivity index (χ0n) is 23.3. The second-order valence-electron chi connectivity index (χ2n) is 11.4. The van der Waals surface area contributed by atoms with Gasteiger partial charge in [0.15, 0.2) is 0 Å². The van der Waals surface area contributed by atoms with Gasteiger partial charge < -0.3 is 4.74 Å². The highest BCUT2D eigenvalue weighted by atomic mass is 16.6. The van der Waals surface area contributed by atoms with E-state index in [1.807, 2.05) is 72.8 Å². The van der Waals surface area contributed by atoms with Crippen molar-refractivity contribution in [1.82, 2.24) is 9.80 Å². The Balaban J connectivity index is 1.22. The third-order valence-corrected chi connectivity index (χ3v) is 8.47. The van der Waals surface area contributed by atoms with Crippen LogP contribution in [0.1, 0.15) is 47.9 Å². The first kappa shape index (κ1) is 27.1. The number of carbonyl (C=O) groups excluding carboxylic acids is 2. The lowest BCUT2D eigenvalue weighted by Gasteiger charge is -2.33. The summed E-state index contributed by atoms with van der Waals surface area (Å²) < 4.78 is 5.86. The summed E-state index contributed by atoms with van der Waals surface area (Å²) in [7, 11) is 0. The van der Waals surface area contributed by atoms with Gasteiger partial charge in [-0.1, -0.05) is 121 Å². The summed E-state index contributed by atoms with van der Waals surface area (Å²) in [5.41, 5.74) is 2.94. The van der Waals surface area contributed by atoms with E-state index in [9.17, 15) is 9.59 Å². The van der Waals surface area contributed by atoms with Crippen molar-refractivity contribution in [2.24, 2.45) is 0 Å². The van der Waals surface area contributed by atoms with E-state index in [0.717, 1.165) is 22.3 Å². The van der Waals surface area contributed by atoms with Crippen LogP contribution in [0.3, 0.4) is 0 Å². The normalized spacial score (nSPS) is 16.3. The van der Waals surface area contributed by atoms with Crippen molar-refractivity contribution in [1.29, 1.82) is 0 Å². The van der Waals surface area contributed by atoms with Gasteiger partial charge in [-0.2, -0.15) is 0 Å². The molecule has 0 amide bonds. The van der Waals surface area contributed by atoms with Crippen LogP contribution in [0, 0.1) is 0 Å². The fourth-order valence-electron chi connectivity index (χ4n) is 5.74. The van der Waals surface area contributed by atoms with Gasteiger partial charge in [0.2, 0.25) is 0 Å². The Labute approximate surface area is 242 Å². The lowest BCUT2D eigenvalue weighted by molar-refractivity contribution is -0.170. The lowest BCUT2D eigenvalue weighted by atomic mass is 10.1. The first-order valence-electron chi connectivity index (χ1n) is 14.5. The maximum Gasteiger partial charge on any atom is 0.334 e. The van der Waals surface area contributed by atoms with Crippen molar-refractivity contribution in [3.63, 3.8) is 0 Å². The minimum Gasteiger partial charge on any atom is -0.390 e. The summed E-state index contributed by atoms with van der Waals surface area (Å²) in [6.45, 7) is 2.44. The zero-order valence-corrected chi connectivity index (χ0v) is 23.3. The average Bonchev–Trinajstić information content (AvgIpc) is 3.94. The molecule has 0 bridgehead atoms. The van der Waals surface area contributed by atoms with Gasteiger partial charge in [-0.15, -0.1) is 0 Å². The summed E-state index contributed by atoms with van der Waals surface area (Å²) in [5, 5.41) is 0. The standard InChI is InChI=1S/C36H36N2O3/c39-33(35(21-22-35)37(25-29-13-5-1-6-14-29)26-30-15-7-2-8-16-30)41-34(40)36(23-24-36)38(27-31-17-9-3-10-18-31)28-32-19-11-4-12-20-32/h1-20H,21-28H2. The third kappa shape index (κ3) is 6.17. The van der Waals surface area contributed by atoms with Crippen molar-refractivity contribution in [3.05, 3.63) is 144 Å². The molecule has 0 heterocycles. The van der Waals surface area contributed by atoms with E-state index in [2.05, 4.69) is 58.3 Å². The van der Waals surface area contributed by atoms with E-state index in [-0.39, 0.29) is 0 Å². The van der Waals surface area contributed by atoms with Gasteiger partial charge in [0.25, 0.3) is 0 Å². The number of rotatable bonds is 12. The van der Waals surface area contributed by atoms with Crippen LogP contribution in [0.5, 0.6) is 0 Å². The van der Waals surface area contributed by atoms with Crippen LogP contribution in [0.15, 0.2) is 121 Å². The molecule has 0 saturated heterocycles. The molecule has 4 aromatic carbocycles. The number of carbonyl (C=O) groups is 2. The predicted octanol–water partition coefficient (Wildman–Crippen LogP) is 6.53. The molecule has 208 valence electrons. The molecule has 0 unspecified atom stereocenters. The maximum atomic E-state index is 13.9. The molecule has 6 rings (SSSR count). The largest absolute Gasteiger partial charge is 0.390 e. The van der Waals surface area contributed by atoms with Crippen LogP contribution in [-0.4, -0.2) is 32.8 Å². The van der Waals surface area contributed by atoms with Gasteiger partial charge in [-0.25, -0.2) is 9.59 Å². The van der Waals surface area contributed by atoms with E-state index in [4.69, 9.17) is 4.74 Å². The van der Waals surface area contributed by atoms with E-state index in [1.54, 1.807) is 0 Å².